The minimum atomic E-state index is -0.0729. The van der Waals surface area contributed by atoms with Crippen LogP contribution in [-0.4, -0.2) is 35.4 Å². The molecular weight excluding hydrogens is 230 g/mol. The van der Waals surface area contributed by atoms with Crippen LogP contribution in [0.1, 0.15) is 29.8 Å². The molecule has 0 saturated carbocycles. The van der Waals surface area contributed by atoms with Crippen LogP contribution in [0.2, 0.25) is 0 Å². The molecule has 0 heterocycles. The summed E-state index contributed by atoms with van der Waals surface area (Å²) >= 11 is 0. The molecule has 0 atom stereocenters. The number of nitrogens with zero attached hydrogens (tertiary/aromatic N) is 2. The Labute approximate surface area is 107 Å². The van der Waals surface area contributed by atoms with Crippen molar-refractivity contribution < 1.29 is 10.0 Å². The number of oxime groups is 1. The Morgan fingerprint density at radius 1 is 1.44 bits per heavy atom. The first-order chi connectivity index (χ1) is 8.45. The van der Waals surface area contributed by atoms with Gasteiger partial charge in [-0.3, -0.25) is 4.79 Å². The Hall–Kier alpha value is -2.04. The number of carbonyl (C=O) groups is 1. The summed E-state index contributed by atoms with van der Waals surface area (Å²) in [5, 5.41) is 11.5. The second kappa shape index (κ2) is 6.05. The summed E-state index contributed by atoms with van der Waals surface area (Å²) in [6.07, 6.45) is 0. The van der Waals surface area contributed by atoms with Gasteiger partial charge in [0.05, 0.1) is 0 Å². The fourth-order valence-corrected chi connectivity index (χ4v) is 1.72. The van der Waals surface area contributed by atoms with Crippen molar-refractivity contribution in [3.63, 3.8) is 0 Å². The average Bonchev–Trinajstić information content (AvgIpc) is 2.36. The van der Waals surface area contributed by atoms with Crippen molar-refractivity contribution in [3.05, 3.63) is 35.4 Å². The SMILES string of the molecule is CC(C)CN(C)C(=O)c1cccc(/C(N)=N/O)c1. The number of rotatable bonds is 4. The number of benzene rings is 1. The summed E-state index contributed by atoms with van der Waals surface area (Å²) in [4.78, 5) is 13.8. The summed E-state index contributed by atoms with van der Waals surface area (Å²) in [7, 11) is 1.76. The molecule has 0 aliphatic heterocycles. The molecule has 1 rings (SSSR count). The number of nitrogens with two attached hydrogens (primary N) is 1. The highest BCUT2D eigenvalue weighted by Crippen LogP contribution is 2.09. The van der Waals surface area contributed by atoms with Gasteiger partial charge in [0.25, 0.3) is 5.91 Å². The lowest BCUT2D eigenvalue weighted by Gasteiger charge is -2.19. The molecule has 0 bridgehead atoms. The van der Waals surface area contributed by atoms with Gasteiger partial charge in [-0.15, -0.1) is 0 Å². The molecular formula is C13H19N3O2. The third-order valence-electron chi connectivity index (χ3n) is 2.50. The van der Waals surface area contributed by atoms with Gasteiger partial charge in [-0.25, -0.2) is 0 Å². The van der Waals surface area contributed by atoms with Crippen molar-refractivity contribution in [1.29, 1.82) is 0 Å². The molecule has 0 aliphatic rings. The largest absolute Gasteiger partial charge is 0.409 e. The second-order valence-corrected chi connectivity index (χ2v) is 4.65. The smallest absolute Gasteiger partial charge is 0.253 e. The number of carbonyl (C=O) groups excluding carboxylic acids is 1. The standard InChI is InChI=1S/C13H19N3O2/c1-9(2)8-16(3)13(17)11-6-4-5-10(7-11)12(14)15-18/h4-7,9,18H,8H2,1-3H3,(H2,14,15). The van der Waals surface area contributed by atoms with Gasteiger partial charge in [-0.2, -0.15) is 0 Å². The van der Waals surface area contributed by atoms with Crippen molar-refractivity contribution in [2.45, 2.75) is 13.8 Å². The fraction of sp³-hybridized carbons (Fsp3) is 0.385. The minimum Gasteiger partial charge on any atom is -0.409 e. The van der Waals surface area contributed by atoms with Crippen molar-refractivity contribution in [1.82, 2.24) is 4.90 Å². The highest BCUT2D eigenvalue weighted by molar-refractivity contribution is 6.01. The van der Waals surface area contributed by atoms with Crippen LogP contribution in [0.5, 0.6) is 0 Å². The zero-order valence-corrected chi connectivity index (χ0v) is 10.9. The molecule has 1 amide bonds. The quantitative estimate of drug-likeness (QED) is 0.367. The first-order valence-electron chi connectivity index (χ1n) is 5.79. The van der Waals surface area contributed by atoms with Crippen LogP contribution in [0, 0.1) is 5.92 Å². The number of amidine groups is 1. The van der Waals surface area contributed by atoms with E-state index in [0.29, 0.717) is 23.6 Å². The lowest BCUT2D eigenvalue weighted by atomic mass is 10.1. The van der Waals surface area contributed by atoms with Gasteiger partial charge in [0.2, 0.25) is 0 Å². The van der Waals surface area contributed by atoms with Gasteiger partial charge in [0.15, 0.2) is 5.84 Å². The van der Waals surface area contributed by atoms with E-state index in [1.165, 1.54) is 0 Å². The average molecular weight is 249 g/mol. The Morgan fingerprint density at radius 2 is 2.06 bits per heavy atom. The van der Waals surface area contributed by atoms with Crippen LogP contribution in [0.4, 0.5) is 0 Å². The first kappa shape index (κ1) is 14.0. The van der Waals surface area contributed by atoms with Crippen LogP contribution >= 0.6 is 0 Å². The molecule has 18 heavy (non-hydrogen) atoms. The van der Waals surface area contributed by atoms with Crippen molar-refractivity contribution in [3.8, 4) is 0 Å². The Kier molecular flexibility index (Phi) is 4.71. The zero-order valence-electron chi connectivity index (χ0n) is 10.9. The maximum Gasteiger partial charge on any atom is 0.253 e. The highest BCUT2D eigenvalue weighted by Gasteiger charge is 2.13. The summed E-state index contributed by atoms with van der Waals surface area (Å²) in [5.74, 6) is 0.332. The lowest BCUT2D eigenvalue weighted by Crippen LogP contribution is -2.30. The second-order valence-electron chi connectivity index (χ2n) is 4.65. The molecule has 0 aliphatic carbocycles. The van der Waals surface area contributed by atoms with Crippen molar-refractivity contribution in [2.24, 2.45) is 16.8 Å². The van der Waals surface area contributed by atoms with E-state index < -0.39 is 0 Å². The molecule has 0 unspecified atom stereocenters. The third-order valence-corrected chi connectivity index (χ3v) is 2.50. The van der Waals surface area contributed by atoms with Gasteiger partial charge in [0, 0.05) is 24.7 Å². The van der Waals surface area contributed by atoms with Crippen LogP contribution in [0.15, 0.2) is 29.4 Å². The summed E-state index contributed by atoms with van der Waals surface area (Å²) in [5.41, 5.74) is 6.55. The summed E-state index contributed by atoms with van der Waals surface area (Å²) < 4.78 is 0. The molecule has 5 heteroatoms. The molecule has 5 nitrogen and oxygen atoms in total. The molecule has 98 valence electrons. The Balaban J connectivity index is 2.93. The number of hydrogen-bond donors (Lipinski definition) is 2. The van der Waals surface area contributed by atoms with Crippen LogP contribution < -0.4 is 5.73 Å². The van der Waals surface area contributed by atoms with E-state index in [2.05, 4.69) is 19.0 Å². The van der Waals surface area contributed by atoms with Crippen LogP contribution in [-0.2, 0) is 0 Å². The maximum absolute atomic E-state index is 12.1. The van der Waals surface area contributed by atoms with Gasteiger partial charge in [0.1, 0.15) is 0 Å². The highest BCUT2D eigenvalue weighted by atomic mass is 16.4. The molecule has 3 N–H and O–H groups in total. The fourth-order valence-electron chi connectivity index (χ4n) is 1.72. The molecule has 1 aromatic rings. The van der Waals surface area contributed by atoms with E-state index in [0.717, 1.165) is 0 Å². The molecule has 0 aromatic heterocycles. The van der Waals surface area contributed by atoms with Gasteiger partial charge >= 0.3 is 0 Å². The van der Waals surface area contributed by atoms with E-state index in [9.17, 15) is 4.79 Å². The third kappa shape index (κ3) is 3.48. The Morgan fingerprint density at radius 3 is 2.61 bits per heavy atom. The van der Waals surface area contributed by atoms with E-state index in [1.807, 2.05) is 0 Å². The maximum atomic E-state index is 12.1. The molecule has 0 fully saturated rings. The molecule has 0 spiro atoms. The summed E-state index contributed by atoms with van der Waals surface area (Å²) in [6, 6.07) is 6.74. The van der Waals surface area contributed by atoms with Crippen molar-refractivity contribution in [2.75, 3.05) is 13.6 Å². The summed E-state index contributed by atoms with van der Waals surface area (Å²) in [6.45, 7) is 4.79. The predicted octanol–water partition coefficient (Wildman–Crippen LogP) is 1.51. The van der Waals surface area contributed by atoms with Gasteiger partial charge in [-0.1, -0.05) is 31.1 Å². The number of amides is 1. The first-order valence-corrected chi connectivity index (χ1v) is 5.79. The topological polar surface area (TPSA) is 78.9 Å². The number of hydrogen-bond acceptors (Lipinski definition) is 3. The van der Waals surface area contributed by atoms with Crippen LogP contribution in [0.25, 0.3) is 0 Å². The van der Waals surface area contributed by atoms with Crippen LogP contribution in [0.3, 0.4) is 0 Å². The monoisotopic (exact) mass is 249 g/mol. The van der Waals surface area contributed by atoms with E-state index >= 15 is 0 Å². The molecule has 1 aromatic carbocycles. The molecule has 0 saturated heterocycles. The van der Waals surface area contributed by atoms with E-state index in [1.54, 1.807) is 36.2 Å². The Bertz CT molecular complexity index is 455. The lowest BCUT2D eigenvalue weighted by molar-refractivity contribution is 0.0779. The molecule has 0 radical (unpaired) electrons. The zero-order chi connectivity index (χ0) is 13.7. The van der Waals surface area contributed by atoms with Crippen molar-refractivity contribution >= 4 is 11.7 Å². The van der Waals surface area contributed by atoms with Gasteiger partial charge in [-0.05, 0) is 18.1 Å². The minimum absolute atomic E-state index is 0.00355. The van der Waals surface area contributed by atoms with Gasteiger partial charge < -0.3 is 15.8 Å². The van der Waals surface area contributed by atoms with E-state index in [-0.39, 0.29) is 11.7 Å². The predicted molar refractivity (Wildman–Crippen MR) is 70.8 cm³/mol. The van der Waals surface area contributed by atoms with E-state index in [4.69, 9.17) is 10.9 Å². The normalized spacial score (nSPS) is 11.7.